The Balaban J connectivity index is 1.67. The molecule has 0 bridgehead atoms. The number of rotatable bonds is 2. The molecule has 0 amide bonds. The van der Waals surface area contributed by atoms with Gasteiger partial charge in [0.25, 0.3) is 5.56 Å². The molecule has 3 aromatic heterocycles. The Morgan fingerprint density at radius 1 is 1.04 bits per heavy atom. The minimum absolute atomic E-state index is 0.0367. The molecule has 142 valence electrons. The Hall–Kier alpha value is -2.95. The number of fused-ring (bicyclic) bond motifs is 3. The second-order valence-electron chi connectivity index (χ2n) is 8.08. The average Bonchev–Trinajstić information content (AvgIpc) is 3.16. The van der Waals surface area contributed by atoms with Gasteiger partial charge in [-0.2, -0.15) is 5.10 Å². The van der Waals surface area contributed by atoms with Gasteiger partial charge in [-0.1, -0.05) is 57.0 Å². The quantitative estimate of drug-likeness (QED) is 0.512. The highest BCUT2D eigenvalue weighted by Gasteiger charge is 2.29. The molecule has 0 saturated heterocycles. The zero-order valence-electron chi connectivity index (χ0n) is 16.2. The first-order chi connectivity index (χ1) is 13.6. The Morgan fingerprint density at radius 3 is 2.68 bits per heavy atom. The summed E-state index contributed by atoms with van der Waals surface area (Å²) in [6.07, 6.45) is 8.98. The van der Waals surface area contributed by atoms with Crippen molar-refractivity contribution < 1.29 is 0 Å². The minimum Gasteiger partial charge on any atom is -0.311 e. The zero-order chi connectivity index (χ0) is 19.3. The van der Waals surface area contributed by atoms with Crippen molar-refractivity contribution in [3.8, 4) is 11.1 Å². The Labute approximate surface area is 163 Å². The number of benzene rings is 1. The lowest BCUT2D eigenvalue weighted by Crippen LogP contribution is -2.33. The van der Waals surface area contributed by atoms with Crippen LogP contribution in [0.5, 0.6) is 0 Å². The summed E-state index contributed by atoms with van der Waals surface area (Å²) in [7, 11) is 0. The molecule has 5 heteroatoms. The standard InChI is InChI=1S/C23H24N4O/c1-15-7-6-10-20(16(15)2)26-12-11-21-19(23(26)28)13-24-22-18(14-25-27(21)22)17-8-4-3-5-9-17/h3-5,8-9,11-16,20H,6-7,10H2,1-2H3. The van der Waals surface area contributed by atoms with Gasteiger partial charge in [0.1, 0.15) is 0 Å². The average molecular weight is 372 g/mol. The maximum atomic E-state index is 13.3. The van der Waals surface area contributed by atoms with Gasteiger partial charge in [0.05, 0.1) is 17.1 Å². The van der Waals surface area contributed by atoms with Gasteiger partial charge in [-0.05, 0) is 29.9 Å². The summed E-state index contributed by atoms with van der Waals surface area (Å²) < 4.78 is 3.72. The van der Waals surface area contributed by atoms with Crippen molar-refractivity contribution >= 4 is 16.6 Å². The molecule has 0 aliphatic heterocycles. The molecule has 1 aromatic carbocycles. The van der Waals surface area contributed by atoms with Crippen LogP contribution in [0.15, 0.2) is 59.8 Å². The molecule has 3 heterocycles. The highest BCUT2D eigenvalue weighted by Crippen LogP contribution is 2.37. The fourth-order valence-corrected chi connectivity index (χ4v) is 4.66. The molecule has 0 radical (unpaired) electrons. The summed E-state index contributed by atoms with van der Waals surface area (Å²) in [5.74, 6) is 1.14. The summed E-state index contributed by atoms with van der Waals surface area (Å²) in [5, 5.41) is 5.17. The van der Waals surface area contributed by atoms with Gasteiger partial charge in [-0.3, -0.25) is 4.79 Å². The Kier molecular flexibility index (Phi) is 4.04. The number of aromatic nitrogens is 4. The van der Waals surface area contributed by atoms with Crippen LogP contribution in [-0.4, -0.2) is 19.2 Å². The molecule has 3 atom stereocenters. The van der Waals surface area contributed by atoms with Crippen LogP contribution in [0.3, 0.4) is 0 Å². The molecule has 1 aliphatic carbocycles. The smallest absolute Gasteiger partial charge is 0.261 e. The van der Waals surface area contributed by atoms with E-state index in [4.69, 9.17) is 0 Å². The summed E-state index contributed by atoms with van der Waals surface area (Å²) in [5.41, 5.74) is 3.67. The van der Waals surface area contributed by atoms with Gasteiger partial charge in [-0.15, -0.1) is 0 Å². The van der Waals surface area contributed by atoms with Gasteiger partial charge in [0.2, 0.25) is 0 Å². The van der Waals surface area contributed by atoms with Gasteiger partial charge in [0.15, 0.2) is 5.65 Å². The molecule has 4 aromatic rings. The second-order valence-corrected chi connectivity index (χ2v) is 8.08. The van der Waals surface area contributed by atoms with Crippen LogP contribution >= 0.6 is 0 Å². The lowest BCUT2D eigenvalue weighted by molar-refractivity contribution is 0.183. The van der Waals surface area contributed by atoms with Crippen molar-refractivity contribution in [1.29, 1.82) is 0 Å². The third-order valence-electron chi connectivity index (χ3n) is 6.53. The topological polar surface area (TPSA) is 52.2 Å². The van der Waals surface area contributed by atoms with Crippen molar-refractivity contribution in [2.75, 3.05) is 0 Å². The first-order valence-corrected chi connectivity index (χ1v) is 10.1. The van der Waals surface area contributed by atoms with Crippen molar-refractivity contribution in [3.63, 3.8) is 0 Å². The maximum Gasteiger partial charge on any atom is 0.261 e. The number of hydrogen-bond acceptors (Lipinski definition) is 3. The monoisotopic (exact) mass is 372 g/mol. The normalized spacial score (nSPS) is 22.7. The van der Waals surface area contributed by atoms with E-state index in [0.717, 1.165) is 28.7 Å². The van der Waals surface area contributed by atoms with Crippen molar-refractivity contribution in [2.24, 2.45) is 11.8 Å². The summed E-state index contributed by atoms with van der Waals surface area (Å²) >= 11 is 0. The fourth-order valence-electron chi connectivity index (χ4n) is 4.66. The molecule has 1 saturated carbocycles. The highest BCUT2D eigenvalue weighted by atomic mass is 16.1. The predicted octanol–water partition coefficient (Wildman–Crippen LogP) is 4.71. The van der Waals surface area contributed by atoms with Gasteiger partial charge in [-0.25, -0.2) is 9.50 Å². The first kappa shape index (κ1) is 17.2. The molecule has 0 N–H and O–H groups in total. The van der Waals surface area contributed by atoms with E-state index in [9.17, 15) is 4.79 Å². The van der Waals surface area contributed by atoms with E-state index in [1.54, 1.807) is 10.7 Å². The van der Waals surface area contributed by atoms with Gasteiger partial charge >= 0.3 is 0 Å². The van der Waals surface area contributed by atoms with Crippen LogP contribution < -0.4 is 5.56 Å². The first-order valence-electron chi connectivity index (χ1n) is 10.1. The molecule has 5 rings (SSSR count). The molecule has 5 nitrogen and oxygen atoms in total. The van der Waals surface area contributed by atoms with E-state index < -0.39 is 0 Å². The molecule has 3 unspecified atom stereocenters. The van der Waals surface area contributed by atoms with Crippen molar-refractivity contribution in [2.45, 2.75) is 39.2 Å². The third-order valence-corrected chi connectivity index (χ3v) is 6.53. The highest BCUT2D eigenvalue weighted by molar-refractivity contribution is 5.84. The molecular formula is C23H24N4O. The number of nitrogens with zero attached hydrogens (tertiary/aromatic N) is 4. The third kappa shape index (κ3) is 2.57. The van der Waals surface area contributed by atoms with E-state index >= 15 is 0 Å². The molecule has 1 fully saturated rings. The van der Waals surface area contributed by atoms with E-state index in [2.05, 4.69) is 23.9 Å². The lowest BCUT2D eigenvalue weighted by Gasteiger charge is -2.35. The lowest BCUT2D eigenvalue weighted by atomic mass is 9.78. The fraction of sp³-hybridized carbons (Fsp3) is 0.348. The van der Waals surface area contributed by atoms with E-state index in [-0.39, 0.29) is 11.6 Å². The number of hydrogen-bond donors (Lipinski definition) is 0. The summed E-state index contributed by atoms with van der Waals surface area (Å²) in [4.78, 5) is 17.9. The molecular weight excluding hydrogens is 348 g/mol. The van der Waals surface area contributed by atoms with Crippen molar-refractivity contribution in [3.05, 3.63) is 65.3 Å². The van der Waals surface area contributed by atoms with Gasteiger partial charge in [0, 0.05) is 24.0 Å². The maximum absolute atomic E-state index is 13.3. The largest absolute Gasteiger partial charge is 0.311 e. The van der Waals surface area contributed by atoms with E-state index in [0.29, 0.717) is 17.2 Å². The van der Waals surface area contributed by atoms with Crippen molar-refractivity contribution in [1.82, 2.24) is 19.2 Å². The number of pyridine rings is 1. The van der Waals surface area contributed by atoms with Crippen LogP contribution in [0.25, 0.3) is 27.7 Å². The Morgan fingerprint density at radius 2 is 1.86 bits per heavy atom. The van der Waals surface area contributed by atoms with Gasteiger partial charge < -0.3 is 4.57 Å². The molecule has 0 spiro atoms. The molecule has 28 heavy (non-hydrogen) atoms. The second kappa shape index (κ2) is 6.59. The predicted molar refractivity (Wildman–Crippen MR) is 111 cm³/mol. The van der Waals surface area contributed by atoms with Crippen LogP contribution in [0.4, 0.5) is 0 Å². The molecule has 1 aliphatic rings. The van der Waals surface area contributed by atoms with Crippen LogP contribution in [0, 0.1) is 11.8 Å². The van der Waals surface area contributed by atoms with E-state index in [1.807, 2.05) is 53.4 Å². The van der Waals surface area contributed by atoms with Crippen LogP contribution in [0.2, 0.25) is 0 Å². The van der Waals surface area contributed by atoms with Crippen LogP contribution in [-0.2, 0) is 0 Å². The van der Waals surface area contributed by atoms with E-state index in [1.165, 1.54) is 12.8 Å². The Bertz CT molecular complexity index is 1210. The summed E-state index contributed by atoms with van der Waals surface area (Å²) in [6.45, 7) is 4.56. The SMILES string of the molecule is CC1CCCC(n2ccc3c(cnc4c(-c5ccccc5)cnn43)c2=O)C1C. The summed E-state index contributed by atoms with van der Waals surface area (Å²) in [6, 6.07) is 12.4. The zero-order valence-corrected chi connectivity index (χ0v) is 16.2. The van der Waals surface area contributed by atoms with Crippen LogP contribution in [0.1, 0.15) is 39.2 Å². The minimum atomic E-state index is 0.0367.